The fourth-order valence-electron chi connectivity index (χ4n) is 9.56. The molecule has 3 saturated carbocycles. The number of terminal acetylenes is 2. The maximum atomic E-state index is 13.6. The lowest BCUT2D eigenvalue weighted by atomic mass is 9.67. The number of fused-ring (bicyclic) bond motifs is 1. The second kappa shape index (κ2) is 23.3. The number of unbranched alkanes of at least 4 members (excludes halogenated alkanes) is 7. The van der Waals surface area contributed by atoms with Gasteiger partial charge in [0.1, 0.15) is 5.75 Å². The topological polar surface area (TPSA) is 105 Å². The summed E-state index contributed by atoms with van der Waals surface area (Å²) in [5.74, 6) is 6.30. The normalized spacial score (nSPS) is 24.2. The monoisotopic (exact) mass is 806 g/mol. The van der Waals surface area contributed by atoms with Crippen molar-refractivity contribution in [2.75, 3.05) is 13.2 Å². The van der Waals surface area contributed by atoms with Gasteiger partial charge < -0.3 is 18.9 Å². The van der Waals surface area contributed by atoms with Crippen molar-refractivity contribution in [1.82, 2.24) is 0 Å². The van der Waals surface area contributed by atoms with Crippen molar-refractivity contribution in [1.29, 1.82) is 0 Å². The molecule has 0 atom stereocenters. The zero-order valence-electron chi connectivity index (χ0n) is 35.4. The summed E-state index contributed by atoms with van der Waals surface area (Å²) in [6.07, 6.45) is 35.1. The third kappa shape index (κ3) is 13.5. The molecule has 8 heteroatoms. The van der Waals surface area contributed by atoms with Gasteiger partial charge in [-0.1, -0.05) is 95.6 Å². The molecule has 0 aromatic heterocycles. The second-order valence-corrected chi connectivity index (χ2v) is 17.3. The molecule has 0 unspecified atom stereocenters. The number of benzene rings is 2. The number of esters is 4. The average Bonchev–Trinajstić information content (AvgIpc) is 3.27. The number of carbonyl (C=O) groups excluding carboxylic acids is 4. The Bertz CT molecular complexity index is 1800. The van der Waals surface area contributed by atoms with E-state index in [1.54, 1.807) is 30.3 Å². The second-order valence-electron chi connectivity index (χ2n) is 17.3. The third-order valence-corrected chi connectivity index (χ3v) is 13.3. The minimum absolute atomic E-state index is 0.192. The predicted octanol–water partition coefficient (Wildman–Crippen LogP) is 11.3. The number of hydrogen-bond acceptors (Lipinski definition) is 8. The summed E-state index contributed by atoms with van der Waals surface area (Å²) in [4.78, 5) is 50.6. The van der Waals surface area contributed by atoms with Crippen LogP contribution in [0.15, 0.2) is 43.0 Å². The Balaban J connectivity index is 1.04. The summed E-state index contributed by atoms with van der Waals surface area (Å²) in [5.41, 5.74) is -0.0678. The van der Waals surface area contributed by atoms with Gasteiger partial charge in [-0.2, -0.15) is 0 Å². The minimum Gasteiger partial charge on any atom is -0.465 e. The zero-order chi connectivity index (χ0) is 42.0. The van der Waals surface area contributed by atoms with E-state index in [-0.39, 0.29) is 29.7 Å². The Morgan fingerprint density at radius 2 is 1.37 bits per heavy atom. The number of carbonyl (C=O) groups is 4. The first-order valence-corrected chi connectivity index (χ1v) is 22.6. The molecular weight excluding hydrogens is 741 g/mol. The lowest BCUT2D eigenvalue weighted by Gasteiger charge is -2.41. The van der Waals surface area contributed by atoms with Crippen molar-refractivity contribution in [3.05, 3.63) is 54.1 Å². The molecule has 0 amide bonds. The van der Waals surface area contributed by atoms with E-state index in [4.69, 9.17) is 31.8 Å². The van der Waals surface area contributed by atoms with Gasteiger partial charge in [0.05, 0.1) is 30.6 Å². The molecule has 0 heterocycles. The van der Waals surface area contributed by atoms with E-state index in [0.29, 0.717) is 79.9 Å². The molecule has 0 bridgehead atoms. The Morgan fingerprint density at radius 3 is 2.00 bits per heavy atom. The molecule has 0 saturated heterocycles. The highest BCUT2D eigenvalue weighted by Gasteiger charge is 2.40. The van der Waals surface area contributed by atoms with Crippen molar-refractivity contribution >= 4 is 34.6 Å². The largest absolute Gasteiger partial charge is 0.465 e. The van der Waals surface area contributed by atoms with Crippen molar-refractivity contribution in [2.24, 2.45) is 29.6 Å². The highest BCUT2D eigenvalue weighted by Crippen LogP contribution is 2.44. The summed E-state index contributed by atoms with van der Waals surface area (Å²) in [7, 11) is 0. The maximum Gasteiger partial charge on any atom is 0.339 e. The van der Waals surface area contributed by atoms with Crippen molar-refractivity contribution in [2.45, 2.75) is 154 Å². The zero-order valence-corrected chi connectivity index (χ0v) is 35.4. The van der Waals surface area contributed by atoms with Crippen LogP contribution in [0, 0.1) is 54.3 Å². The van der Waals surface area contributed by atoms with Crippen LogP contribution in [0.25, 0.3) is 10.8 Å². The SMILES string of the molecule is C#Cc1cc(C(=O)OC2(C#C)CCC(C3CCC(CCCCC)CC3)CC2)cc2ccc(OC(=O)C3CCC(C(=O)OCCCCCCCCOC(=O)C=C)CC3)cc12. The fourth-order valence-corrected chi connectivity index (χ4v) is 9.56. The van der Waals surface area contributed by atoms with Gasteiger partial charge in [-0.3, -0.25) is 9.59 Å². The lowest BCUT2D eigenvalue weighted by Crippen LogP contribution is -2.39. The molecule has 8 nitrogen and oxygen atoms in total. The van der Waals surface area contributed by atoms with Gasteiger partial charge in [0.15, 0.2) is 5.60 Å². The Hall–Kier alpha value is -4.56. The Labute approximate surface area is 352 Å². The molecule has 0 aliphatic heterocycles. The predicted molar refractivity (Wildman–Crippen MR) is 231 cm³/mol. The molecule has 3 aliphatic carbocycles. The summed E-state index contributed by atoms with van der Waals surface area (Å²) in [6, 6.07) is 8.66. The first-order chi connectivity index (χ1) is 28.7. The first kappa shape index (κ1) is 45.5. The molecule has 3 aliphatic rings. The first-order valence-electron chi connectivity index (χ1n) is 22.6. The summed E-state index contributed by atoms with van der Waals surface area (Å²) >= 11 is 0. The van der Waals surface area contributed by atoms with Crippen LogP contribution in [-0.2, 0) is 28.6 Å². The standard InChI is InChI=1S/C51H66O8/c1-5-9-14-17-37-18-20-39(21-19-37)40-28-30-51(8-4,31-29-40)59-50(55)44-34-38(6-2)46-36-45(27-26-43(46)35-44)58-49(54)42-24-22-41(23-25-42)48(53)57-33-16-13-11-10-12-15-32-56-47(52)7-3/h2,4,7,26-27,34-37,39-42H,3,5,9-25,28-33H2,1H3. The van der Waals surface area contributed by atoms with Crippen molar-refractivity contribution < 1.29 is 38.1 Å². The lowest BCUT2D eigenvalue weighted by molar-refractivity contribution is -0.152. The molecule has 318 valence electrons. The smallest absolute Gasteiger partial charge is 0.339 e. The Kier molecular flexibility index (Phi) is 18.0. The van der Waals surface area contributed by atoms with E-state index in [1.807, 2.05) is 0 Å². The maximum absolute atomic E-state index is 13.6. The summed E-state index contributed by atoms with van der Waals surface area (Å²) < 4.78 is 22.5. The van der Waals surface area contributed by atoms with Gasteiger partial charge in [0.25, 0.3) is 0 Å². The van der Waals surface area contributed by atoms with Crippen LogP contribution in [0.4, 0.5) is 0 Å². The van der Waals surface area contributed by atoms with Crippen LogP contribution >= 0.6 is 0 Å². The Morgan fingerprint density at radius 1 is 0.746 bits per heavy atom. The molecule has 0 radical (unpaired) electrons. The average molecular weight is 807 g/mol. The van der Waals surface area contributed by atoms with E-state index >= 15 is 0 Å². The van der Waals surface area contributed by atoms with E-state index in [0.717, 1.165) is 68.6 Å². The van der Waals surface area contributed by atoms with Crippen LogP contribution in [0.2, 0.25) is 0 Å². The number of rotatable bonds is 20. The van der Waals surface area contributed by atoms with Gasteiger partial charge >= 0.3 is 23.9 Å². The molecule has 2 aromatic carbocycles. The molecule has 59 heavy (non-hydrogen) atoms. The van der Waals surface area contributed by atoms with E-state index in [9.17, 15) is 19.2 Å². The van der Waals surface area contributed by atoms with Gasteiger partial charge in [0.2, 0.25) is 0 Å². The number of ether oxygens (including phenoxy) is 4. The highest BCUT2D eigenvalue weighted by molar-refractivity contribution is 5.99. The third-order valence-electron chi connectivity index (χ3n) is 13.3. The van der Waals surface area contributed by atoms with Crippen LogP contribution in [0.1, 0.15) is 164 Å². The molecule has 0 spiro atoms. The van der Waals surface area contributed by atoms with Gasteiger partial charge in [-0.15, -0.1) is 12.8 Å². The van der Waals surface area contributed by atoms with Crippen molar-refractivity contribution in [3.8, 4) is 30.4 Å². The highest BCUT2D eigenvalue weighted by atomic mass is 16.6. The minimum atomic E-state index is -0.915. The number of hydrogen-bond donors (Lipinski definition) is 0. The summed E-state index contributed by atoms with van der Waals surface area (Å²) in [6.45, 7) is 6.46. The molecule has 3 fully saturated rings. The summed E-state index contributed by atoms with van der Waals surface area (Å²) in [5, 5.41) is 1.43. The van der Waals surface area contributed by atoms with Crippen LogP contribution < -0.4 is 4.74 Å². The quantitative estimate of drug-likeness (QED) is 0.0325. The van der Waals surface area contributed by atoms with E-state index < -0.39 is 11.6 Å². The van der Waals surface area contributed by atoms with E-state index in [1.165, 1.54) is 57.4 Å². The van der Waals surface area contributed by atoms with Crippen LogP contribution in [0.3, 0.4) is 0 Å². The fraction of sp³-hybridized carbons (Fsp3) is 0.608. The van der Waals surface area contributed by atoms with E-state index in [2.05, 4.69) is 25.3 Å². The van der Waals surface area contributed by atoms with Crippen LogP contribution in [0.5, 0.6) is 5.75 Å². The molecule has 0 N–H and O–H groups in total. The van der Waals surface area contributed by atoms with Gasteiger partial charge in [-0.05, 0) is 124 Å². The van der Waals surface area contributed by atoms with Crippen molar-refractivity contribution in [3.63, 3.8) is 0 Å². The molecular formula is C51H66O8. The van der Waals surface area contributed by atoms with Crippen LogP contribution in [-0.4, -0.2) is 42.7 Å². The molecule has 2 aromatic rings. The van der Waals surface area contributed by atoms with Gasteiger partial charge in [0, 0.05) is 17.0 Å². The molecule has 5 rings (SSSR count). The van der Waals surface area contributed by atoms with Gasteiger partial charge in [-0.25, -0.2) is 9.59 Å².